The Balaban J connectivity index is 1.58. The average molecular weight is 415 g/mol. The Morgan fingerprint density at radius 3 is 2.74 bits per heavy atom. The molecule has 0 aliphatic heterocycles. The lowest BCUT2D eigenvalue weighted by Gasteiger charge is -2.13. The topological polar surface area (TPSA) is 69.0 Å². The molecule has 0 aliphatic rings. The van der Waals surface area contributed by atoms with E-state index in [0.29, 0.717) is 18.7 Å². The number of fused-ring (bicyclic) bond motifs is 1. The van der Waals surface area contributed by atoms with Gasteiger partial charge in [-0.25, -0.2) is 4.98 Å². The van der Waals surface area contributed by atoms with E-state index in [4.69, 9.17) is 9.72 Å². The van der Waals surface area contributed by atoms with Gasteiger partial charge in [0, 0.05) is 16.9 Å². The van der Waals surface area contributed by atoms with Crippen molar-refractivity contribution in [3.8, 4) is 5.75 Å². The summed E-state index contributed by atoms with van der Waals surface area (Å²) in [6, 6.07) is 18.8. The molecule has 2 aromatic carbocycles. The molecule has 0 bridgehead atoms. The molecule has 4 aromatic rings. The summed E-state index contributed by atoms with van der Waals surface area (Å²) in [4.78, 5) is 21.7. The van der Waals surface area contributed by atoms with Crippen molar-refractivity contribution in [3.63, 3.8) is 0 Å². The van der Waals surface area contributed by atoms with Crippen LogP contribution in [0.2, 0.25) is 0 Å². The first-order chi connectivity index (χ1) is 15.1. The van der Waals surface area contributed by atoms with Crippen LogP contribution < -0.4 is 10.1 Å². The molecule has 1 N–H and O–H groups in total. The van der Waals surface area contributed by atoms with Gasteiger partial charge in [0.2, 0.25) is 0 Å². The number of pyridine rings is 1. The third kappa shape index (κ3) is 4.91. The van der Waals surface area contributed by atoms with Crippen LogP contribution in [0.3, 0.4) is 0 Å². The first-order valence-electron chi connectivity index (χ1n) is 10.5. The molecular weight excluding hydrogens is 388 g/mol. The summed E-state index contributed by atoms with van der Waals surface area (Å²) in [7, 11) is 0. The highest BCUT2D eigenvalue weighted by Crippen LogP contribution is 2.23. The molecule has 2 aromatic heterocycles. The third-order valence-electron chi connectivity index (χ3n) is 5.06. The van der Waals surface area contributed by atoms with Crippen LogP contribution in [0.4, 0.5) is 5.69 Å². The van der Waals surface area contributed by atoms with Gasteiger partial charge in [-0.05, 0) is 55.8 Å². The maximum absolute atomic E-state index is 12.5. The van der Waals surface area contributed by atoms with Crippen molar-refractivity contribution in [1.29, 1.82) is 0 Å². The number of aromatic nitrogens is 3. The third-order valence-corrected chi connectivity index (χ3v) is 5.06. The van der Waals surface area contributed by atoms with E-state index < -0.39 is 0 Å². The van der Waals surface area contributed by atoms with Crippen molar-refractivity contribution < 1.29 is 9.53 Å². The molecule has 0 atom stereocenters. The molecule has 6 nitrogen and oxygen atoms in total. The van der Waals surface area contributed by atoms with Gasteiger partial charge in [0.05, 0.1) is 30.5 Å². The number of unbranched alkanes of at least 4 members (excludes halogenated alkanes) is 1. The number of hydrogen-bond donors (Lipinski definition) is 1. The predicted octanol–water partition coefficient (Wildman–Crippen LogP) is 5.22. The van der Waals surface area contributed by atoms with Gasteiger partial charge in [-0.1, -0.05) is 31.5 Å². The molecule has 0 unspecified atom stereocenters. The van der Waals surface area contributed by atoms with Gasteiger partial charge >= 0.3 is 0 Å². The minimum atomic E-state index is -0.141. The van der Waals surface area contributed by atoms with Crippen LogP contribution in [0.25, 0.3) is 11.0 Å². The van der Waals surface area contributed by atoms with Crippen molar-refractivity contribution in [2.75, 3.05) is 11.9 Å². The number of imidazole rings is 1. The first kappa shape index (κ1) is 20.6. The molecule has 6 heteroatoms. The summed E-state index contributed by atoms with van der Waals surface area (Å²) in [5.74, 6) is 0.660. The molecule has 4 rings (SSSR count). The Kier molecular flexibility index (Phi) is 6.26. The van der Waals surface area contributed by atoms with Gasteiger partial charge in [0.25, 0.3) is 5.91 Å². The smallest absolute Gasteiger partial charge is 0.255 e. The van der Waals surface area contributed by atoms with E-state index in [0.717, 1.165) is 46.7 Å². The van der Waals surface area contributed by atoms with Crippen molar-refractivity contribution in [1.82, 2.24) is 14.5 Å². The Morgan fingerprint density at radius 1 is 1.10 bits per heavy atom. The lowest BCUT2D eigenvalue weighted by molar-refractivity contribution is 0.102. The molecule has 158 valence electrons. The molecule has 0 saturated heterocycles. The van der Waals surface area contributed by atoms with E-state index in [1.807, 2.05) is 60.0 Å². The number of anilines is 1. The highest BCUT2D eigenvalue weighted by molar-refractivity contribution is 6.04. The number of nitrogens with one attached hydrogen (secondary N) is 1. The first-order valence-corrected chi connectivity index (χ1v) is 10.5. The van der Waals surface area contributed by atoms with Crippen LogP contribution in [0.15, 0.2) is 67.0 Å². The van der Waals surface area contributed by atoms with Crippen LogP contribution in [-0.4, -0.2) is 27.0 Å². The van der Waals surface area contributed by atoms with E-state index in [-0.39, 0.29) is 5.91 Å². The number of rotatable bonds is 8. The zero-order chi connectivity index (χ0) is 21.6. The minimum absolute atomic E-state index is 0.141. The Morgan fingerprint density at radius 2 is 1.94 bits per heavy atom. The largest absolute Gasteiger partial charge is 0.492 e. The molecule has 31 heavy (non-hydrogen) atoms. The maximum atomic E-state index is 12.5. The second-order valence-corrected chi connectivity index (χ2v) is 7.50. The number of aryl methyl sites for hydroxylation is 1. The monoisotopic (exact) mass is 414 g/mol. The Bertz CT molecular complexity index is 1180. The van der Waals surface area contributed by atoms with E-state index >= 15 is 0 Å². The summed E-state index contributed by atoms with van der Waals surface area (Å²) in [6.45, 7) is 5.33. The second-order valence-electron chi connectivity index (χ2n) is 7.50. The van der Waals surface area contributed by atoms with Crippen molar-refractivity contribution >= 4 is 22.6 Å². The number of ether oxygens (including phenoxy) is 1. The van der Waals surface area contributed by atoms with Gasteiger partial charge in [-0.2, -0.15) is 0 Å². The van der Waals surface area contributed by atoms with Crippen LogP contribution >= 0.6 is 0 Å². The molecule has 0 radical (unpaired) electrons. The standard InChI is InChI=1S/C25H26N4O2/c1-3-4-14-31-24-13-10-18(2)27-22(24)16-29-17-26-21-12-11-20(15-23(21)29)28-25(30)19-8-6-5-7-9-19/h5-13,15,17H,3-4,14,16H2,1-2H3,(H,28,30). The van der Waals surface area contributed by atoms with Crippen LogP contribution in [0.5, 0.6) is 5.75 Å². The number of nitrogens with zero attached hydrogens (tertiary/aromatic N) is 3. The zero-order valence-electron chi connectivity index (χ0n) is 17.8. The highest BCUT2D eigenvalue weighted by Gasteiger charge is 2.12. The van der Waals surface area contributed by atoms with E-state index in [2.05, 4.69) is 17.2 Å². The van der Waals surface area contributed by atoms with Gasteiger partial charge in [0.1, 0.15) is 11.4 Å². The van der Waals surface area contributed by atoms with Gasteiger partial charge in [-0.3, -0.25) is 9.78 Å². The number of carbonyl (C=O) groups is 1. The molecule has 1 amide bonds. The molecule has 0 saturated carbocycles. The maximum Gasteiger partial charge on any atom is 0.255 e. The van der Waals surface area contributed by atoms with Crippen LogP contribution in [0.1, 0.15) is 41.5 Å². The summed E-state index contributed by atoms with van der Waals surface area (Å²) >= 11 is 0. The Hall–Kier alpha value is -3.67. The summed E-state index contributed by atoms with van der Waals surface area (Å²) in [5, 5.41) is 2.97. The van der Waals surface area contributed by atoms with E-state index in [1.165, 1.54) is 0 Å². The predicted molar refractivity (Wildman–Crippen MR) is 123 cm³/mol. The summed E-state index contributed by atoms with van der Waals surface area (Å²) in [6.07, 6.45) is 3.89. The average Bonchev–Trinajstić information content (AvgIpc) is 3.18. The van der Waals surface area contributed by atoms with E-state index in [1.54, 1.807) is 18.5 Å². The molecule has 0 aliphatic carbocycles. The fourth-order valence-corrected chi connectivity index (χ4v) is 3.38. The number of amides is 1. The van der Waals surface area contributed by atoms with Crippen molar-refractivity contribution in [2.45, 2.75) is 33.2 Å². The lowest BCUT2D eigenvalue weighted by Crippen LogP contribution is -2.11. The number of hydrogen-bond acceptors (Lipinski definition) is 4. The lowest BCUT2D eigenvalue weighted by atomic mass is 10.2. The molecule has 2 heterocycles. The number of benzene rings is 2. The quantitative estimate of drug-likeness (QED) is 0.401. The second kappa shape index (κ2) is 9.43. The molecule has 0 spiro atoms. The summed E-state index contributed by atoms with van der Waals surface area (Å²) in [5.41, 5.74) is 4.94. The van der Waals surface area contributed by atoms with Crippen molar-refractivity contribution in [2.24, 2.45) is 0 Å². The highest BCUT2D eigenvalue weighted by atomic mass is 16.5. The normalized spacial score (nSPS) is 10.9. The van der Waals surface area contributed by atoms with Crippen molar-refractivity contribution in [3.05, 3.63) is 83.9 Å². The van der Waals surface area contributed by atoms with Crippen LogP contribution in [0, 0.1) is 6.92 Å². The minimum Gasteiger partial charge on any atom is -0.492 e. The zero-order valence-corrected chi connectivity index (χ0v) is 17.8. The Labute approximate surface area is 181 Å². The number of carbonyl (C=O) groups excluding carboxylic acids is 1. The fraction of sp³-hybridized carbons (Fsp3) is 0.240. The van der Waals surface area contributed by atoms with Gasteiger partial charge in [0.15, 0.2) is 0 Å². The summed E-state index contributed by atoms with van der Waals surface area (Å²) < 4.78 is 8.00. The molecule has 0 fully saturated rings. The molecular formula is C25H26N4O2. The fourth-order valence-electron chi connectivity index (χ4n) is 3.38. The van der Waals surface area contributed by atoms with Gasteiger partial charge in [-0.15, -0.1) is 0 Å². The SMILES string of the molecule is CCCCOc1ccc(C)nc1Cn1cnc2ccc(NC(=O)c3ccccc3)cc21. The van der Waals surface area contributed by atoms with Crippen LogP contribution in [-0.2, 0) is 6.54 Å². The van der Waals surface area contributed by atoms with E-state index in [9.17, 15) is 4.79 Å². The van der Waals surface area contributed by atoms with Gasteiger partial charge < -0.3 is 14.6 Å².